The Hall–Kier alpha value is -2.63. The van der Waals surface area contributed by atoms with Crippen LogP contribution in [0, 0.1) is 0 Å². The predicted octanol–water partition coefficient (Wildman–Crippen LogP) is 3.82. The number of ketones is 1. The van der Waals surface area contributed by atoms with Crippen LogP contribution in [-0.2, 0) is 0 Å². The van der Waals surface area contributed by atoms with Crippen LogP contribution in [0.25, 0.3) is 0 Å². The molecule has 0 saturated carbocycles. The van der Waals surface area contributed by atoms with Crippen LogP contribution in [0.15, 0.2) is 42.5 Å². The molecular weight excluding hydrogens is 278 g/mol. The molecule has 0 unspecified atom stereocenters. The number of alkyl halides is 2. The molecular formula is C15H14F2N2O2. The Morgan fingerprint density at radius 1 is 1.24 bits per heavy atom. The maximum absolute atomic E-state index is 12.4. The molecule has 0 saturated heterocycles. The average molecular weight is 292 g/mol. The Morgan fingerprint density at radius 2 is 1.95 bits per heavy atom. The SMILES string of the molecule is CC(=O)c1cc(Nc2ccccc2OC(F)F)ccc1N. The summed E-state index contributed by atoms with van der Waals surface area (Å²) >= 11 is 0. The number of hydrogen-bond acceptors (Lipinski definition) is 4. The summed E-state index contributed by atoms with van der Waals surface area (Å²) in [5, 5.41) is 2.93. The minimum Gasteiger partial charge on any atom is -0.433 e. The molecule has 0 aliphatic carbocycles. The van der Waals surface area contributed by atoms with Crippen molar-refractivity contribution in [2.75, 3.05) is 11.1 Å². The predicted molar refractivity (Wildman–Crippen MR) is 77.2 cm³/mol. The number of Topliss-reactive ketones (excluding diaryl/α,β-unsaturated/α-hetero) is 1. The standard InChI is InChI=1S/C15H14F2N2O2/c1-9(20)11-8-10(6-7-12(11)18)19-13-4-2-3-5-14(13)21-15(16)17/h2-8,15,19H,18H2,1H3. The Balaban J connectivity index is 2.30. The number of rotatable bonds is 5. The number of hydrogen-bond donors (Lipinski definition) is 2. The van der Waals surface area contributed by atoms with Crippen LogP contribution in [0.4, 0.5) is 25.8 Å². The van der Waals surface area contributed by atoms with Gasteiger partial charge in [0.25, 0.3) is 0 Å². The van der Waals surface area contributed by atoms with E-state index in [1.165, 1.54) is 13.0 Å². The zero-order valence-corrected chi connectivity index (χ0v) is 11.3. The highest BCUT2D eigenvalue weighted by Crippen LogP contribution is 2.29. The second-order valence-corrected chi connectivity index (χ2v) is 4.36. The summed E-state index contributed by atoms with van der Waals surface area (Å²) in [4.78, 5) is 11.5. The average Bonchev–Trinajstić information content (AvgIpc) is 2.42. The van der Waals surface area contributed by atoms with Crippen molar-refractivity contribution in [2.45, 2.75) is 13.5 Å². The fraction of sp³-hybridized carbons (Fsp3) is 0.133. The van der Waals surface area contributed by atoms with Gasteiger partial charge in [0, 0.05) is 16.9 Å². The van der Waals surface area contributed by atoms with Crippen molar-refractivity contribution < 1.29 is 18.3 Å². The van der Waals surface area contributed by atoms with Gasteiger partial charge in [-0.2, -0.15) is 8.78 Å². The smallest absolute Gasteiger partial charge is 0.387 e. The molecule has 0 spiro atoms. The summed E-state index contributed by atoms with van der Waals surface area (Å²) in [6.45, 7) is -1.50. The van der Waals surface area contributed by atoms with Gasteiger partial charge in [0.05, 0.1) is 5.69 Å². The summed E-state index contributed by atoms with van der Waals surface area (Å²) in [5.74, 6) is -0.151. The third-order valence-corrected chi connectivity index (χ3v) is 2.81. The molecule has 0 aliphatic heterocycles. The Bertz CT molecular complexity index is 660. The van der Waals surface area contributed by atoms with Crippen LogP contribution < -0.4 is 15.8 Å². The molecule has 0 bridgehead atoms. The van der Waals surface area contributed by atoms with E-state index in [0.29, 0.717) is 22.6 Å². The van der Waals surface area contributed by atoms with Crippen LogP contribution in [0.2, 0.25) is 0 Å². The molecule has 2 rings (SSSR count). The number of carbonyl (C=O) groups excluding carboxylic acids is 1. The number of halogens is 2. The van der Waals surface area contributed by atoms with Gasteiger partial charge < -0.3 is 15.8 Å². The number of ether oxygens (including phenoxy) is 1. The van der Waals surface area contributed by atoms with E-state index in [1.54, 1.807) is 36.4 Å². The molecule has 2 aromatic rings. The van der Waals surface area contributed by atoms with E-state index < -0.39 is 6.61 Å². The first-order chi connectivity index (χ1) is 9.97. The first-order valence-corrected chi connectivity index (χ1v) is 6.18. The lowest BCUT2D eigenvalue weighted by molar-refractivity contribution is -0.0493. The lowest BCUT2D eigenvalue weighted by Gasteiger charge is -2.13. The van der Waals surface area contributed by atoms with Crippen molar-refractivity contribution in [3.63, 3.8) is 0 Å². The van der Waals surface area contributed by atoms with E-state index in [0.717, 1.165) is 0 Å². The highest BCUT2D eigenvalue weighted by atomic mass is 19.3. The monoisotopic (exact) mass is 292 g/mol. The molecule has 4 nitrogen and oxygen atoms in total. The van der Waals surface area contributed by atoms with Gasteiger partial charge in [-0.05, 0) is 37.3 Å². The number of carbonyl (C=O) groups is 1. The van der Waals surface area contributed by atoms with E-state index in [1.807, 2.05) is 0 Å². The van der Waals surface area contributed by atoms with E-state index in [4.69, 9.17) is 5.73 Å². The normalized spacial score (nSPS) is 10.5. The van der Waals surface area contributed by atoms with Crippen LogP contribution in [0.5, 0.6) is 5.75 Å². The number of nitrogens with two attached hydrogens (primary N) is 1. The number of benzene rings is 2. The van der Waals surface area contributed by atoms with E-state index >= 15 is 0 Å². The first kappa shape index (κ1) is 14.8. The Morgan fingerprint density at radius 3 is 2.62 bits per heavy atom. The van der Waals surface area contributed by atoms with E-state index in [9.17, 15) is 13.6 Å². The van der Waals surface area contributed by atoms with Gasteiger partial charge in [-0.25, -0.2) is 0 Å². The molecule has 21 heavy (non-hydrogen) atoms. The molecule has 3 N–H and O–H groups in total. The van der Waals surface area contributed by atoms with Gasteiger partial charge in [-0.3, -0.25) is 4.79 Å². The van der Waals surface area contributed by atoms with Crippen LogP contribution in [-0.4, -0.2) is 12.4 Å². The lowest BCUT2D eigenvalue weighted by atomic mass is 10.1. The third-order valence-electron chi connectivity index (χ3n) is 2.81. The largest absolute Gasteiger partial charge is 0.433 e. The summed E-state index contributed by atoms with van der Waals surface area (Å²) < 4.78 is 29.1. The van der Waals surface area contributed by atoms with Gasteiger partial charge in [0.1, 0.15) is 5.75 Å². The molecule has 2 aromatic carbocycles. The zero-order valence-electron chi connectivity index (χ0n) is 11.3. The zero-order chi connectivity index (χ0) is 15.4. The van der Waals surface area contributed by atoms with E-state index in [-0.39, 0.29) is 11.5 Å². The van der Waals surface area contributed by atoms with Gasteiger partial charge in [-0.15, -0.1) is 0 Å². The topological polar surface area (TPSA) is 64.3 Å². The summed E-state index contributed by atoms with van der Waals surface area (Å²) in [5.41, 5.74) is 7.37. The molecule has 0 heterocycles. The fourth-order valence-electron chi connectivity index (χ4n) is 1.86. The number of anilines is 3. The molecule has 0 aliphatic rings. The van der Waals surface area contributed by atoms with Gasteiger partial charge in [0.2, 0.25) is 0 Å². The van der Waals surface area contributed by atoms with Gasteiger partial charge in [-0.1, -0.05) is 12.1 Å². The molecule has 0 atom stereocenters. The van der Waals surface area contributed by atoms with Crippen molar-refractivity contribution in [3.8, 4) is 5.75 Å². The van der Waals surface area contributed by atoms with Gasteiger partial charge in [0.15, 0.2) is 5.78 Å². The highest BCUT2D eigenvalue weighted by Gasteiger charge is 2.10. The van der Waals surface area contributed by atoms with Crippen molar-refractivity contribution >= 4 is 22.8 Å². The number of para-hydroxylation sites is 2. The highest BCUT2D eigenvalue weighted by molar-refractivity contribution is 6.00. The minimum absolute atomic E-state index is 0.0219. The Kier molecular flexibility index (Phi) is 4.37. The maximum atomic E-state index is 12.4. The molecule has 110 valence electrons. The first-order valence-electron chi connectivity index (χ1n) is 6.18. The summed E-state index contributed by atoms with van der Waals surface area (Å²) in [7, 11) is 0. The van der Waals surface area contributed by atoms with Crippen molar-refractivity contribution in [2.24, 2.45) is 0 Å². The number of nitrogen functional groups attached to an aromatic ring is 1. The fourth-order valence-corrected chi connectivity index (χ4v) is 1.86. The lowest BCUT2D eigenvalue weighted by Crippen LogP contribution is -2.05. The van der Waals surface area contributed by atoms with Crippen molar-refractivity contribution in [3.05, 3.63) is 48.0 Å². The third kappa shape index (κ3) is 3.68. The van der Waals surface area contributed by atoms with E-state index in [2.05, 4.69) is 10.1 Å². The van der Waals surface area contributed by atoms with Crippen LogP contribution in [0.3, 0.4) is 0 Å². The summed E-state index contributed by atoms with van der Waals surface area (Å²) in [6.07, 6.45) is 0. The summed E-state index contributed by atoms with van der Waals surface area (Å²) in [6, 6.07) is 11.1. The van der Waals surface area contributed by atoms with Crippen molar-refractivity contribution in [1.29, 1.82) is 0 Å². The second kappa shape index (κ2) is 6.21. The van der Waals surface area contributed by atoms with Crippen LogP contribution >= 0.6 is 0 Å². The maximum Gasteiger partial charge on any atom is 0.387 e. The molecule has 0 radical (unpaired) electrons. The van der Waals surface area contributed by atoms with Crippen molar-refractivity contribution in [1.82, 2.24) is 0 Å². The molecule has 0 fully saturated rings. The molecule has 0 amide bonds. The molecule has 0 aromatic heterocycles. The second-order valence-electron chi connectivity index (χ2n) is 4.36. The van der Waals surface area contributed by atoms with Gasteiger partial charge >= 0.3 is 6.61 Å². The molecule has 6 heteroatoms. The quantitative estimate of drug-likeness (QED) is 0.649. The minimum atomic E-state index is -2.91. The number of nitrogens with one attached hydrogen (secondary N) is 1. The Labute approximate surface area is 120 Å². The van der Waals surface area contributed by atoms with Crippen LogP contribution in [0.1, 0.15) is 17.3 Å².